The zero-order chi connectivity index (χ0) is 22.5. The van der Waals surface area contributed by atoms with E-state index in [1.807, 2.05) is 0 Å². The highest BCUT2D eigenvalue weighted by molar-refractivity contribution is 7.85. The predicted octanol–water partition coefficient (Wildman–Crippen LogP) is 7.28. The summed E-state index contributed by atoms with van der Waals surface area (Å²) < 4.78 is 37.3. The average Bonchev–Trinajstić information content (AvgIpc) is 2.73. The molecule has 0 saturated carbocycles. The van der Waals surface area contributed by atoms with Crippen LogP contribution < -0.4 is 4.74 Å². The number of phenolic OH excluding ortho intramolecular Hbond substituents is 1. The standard InChI is InChI=1S/C25H36O5S/c1-2-3-4-5-6-7-8-9-10-11-12-14-23-24(26)15-13-16-25(23)30-21-17-19-22(20-18-21)31(27,28)29/h13,15-20,26H,2-12,14H2,1H3,(H,27,28,29). The summed E-state index contributed by atoms with van der Waals surface area (Å²) >= 11 is 0. The van der Waals surface area contributed by atoms with Gasteiger partial charge in [0.15, 0.2) is 0 Å². The molecule has 0 spiro atoms. The van der Waals surface area contributed by atoms with E-state index in [1.54, 1.807) is 18.2 Å². The van der Waals surface area contributed by atoms with E-state index in [9.17, 15) is 13.5 Å². The fraction of sp³-hybridized carbons (Fsp3) is 0.520. The Bertz CT molecular complexity index is 875. The van der Waals surface area contributed by atoms with Crippen molar-refractivity contribution in [3.8, 4) is 17.2 Å². The maximum atomic E-state index is 11.2. The minimum Gasteiger partial charge on any atom is -0.508 e. The van der Waals surface area contributed by atoms with E-state index in [0.29, 0.717) is 11.5 Å². The molecule has 0 unspecified atom stereocenters. The molecule has 5 nitrogen and oxygen atoms in total. The SMILES string of the molecule is CCCCCCCCCCCCCc1c(O)cccc1Oc1ccc(S(=O)(=O)O)cc1. The number of phenols is 1. The third-order valence-electron chi connectivity index (χ3n) is 5.49. The lowest BCUT2D eigenvalue weighted by Crippen LogP contribution is -1.98. The van der Waals surface area contributed by atoms with E-state index in [1.165, 1.54) is 82.1 Å². The van der Waals surface area contributed by atoms with Gasteiger partial charge in [-0.3, -0.25) is 4.55 Å². The molecule has 0 amide bonds. The summed E-state index contributed by atoms with van der Waals surface area (Å²) in [5.41, 5.74) is 0.761. The van der Waals surface area contributed by atoms with Crippen LogP contribution in [-0.4, -0.2) is 18.1 Å². The second-order valence-corrected chi connectivity index (χ2v) is 9.51. The Morgan fingerprint density at radius 3 is 1.87 bits per heavy atom. The van der Waals surface area contributed by atoms with Crippen molar-refractivity contribution in [2.75, 3.05) is 0 Å². The Kier molecular flexibility index (Phi) is 10.9. The van der Waals surface area contributed by atoms with E-state index >= 15 is 0 Å². The Hall–Kier alpha value is -2.05. The fourth-order valence-electron chi connectivity index (χ4n) is 3.67. The number of hydrogen-bond donors (Lipinski definition) is 2. The van der Waals surface area contributed by atoms with Crippen LogP contribution in [0.5, 0.6) is 17.2 Å². The lowest BCUT2D eigenvalue weighted by Gasteiger charge is -2.13. The minimum atomic E-state index is -4.23. The Morgan fingerprint density at radius 2 is 1.32 bits per heavy atom. The van der Waals surface area contributed by atoms with Crippen molar-refractivity contribution in [3.05, 3.63) is 48.0 Å². The van der Waals surface area contributed by atoms with Crippen molar-refractivity contribution >= 4 is 10.1 Å². The maximum Gasteiger partial charge on any atom is 0.294 e. The van der Waals surface area contributed by atoms with Crippen molar-refractivity contribution in [1.29, 1.82) is 0 Å². The molecule has 2 aromatic carbocycles. The van der Waals surface area contributed by atoms with Crippen LogP contribution in [0, 0.1) is 0 Å². The molecule has 0 atom stereocenters. The van der Waals surface area contributed by atoms with Crippen molar-refractivity contribution in [2.24, 2.45) is 0 Å². The first kappa shape index (κ1) is 25.2. The number of ether oxygens (including phenoxy) is 1. The van der Waals surface area contributed by atoms with Gasteiger partial charge in [-0.1, -0.05) is 77.2 Å². The zero-order valence-corrected chi connectivity index (χ0v) is 19.4. The molecule has 6 heteroatoms. The first-order valence-electron chi connectivity index (χ1n) is 11.5. The van der Waals surface area contributed by atoms with Gasteiger partial charge < -0.3 is 9.84 Å². The molecule has 0 radical (unpaired) electrons. The Balaban J connectivity index is 1.77. The Morgan fingerprint density at radius 1 is 0.774 bits per heavy atom. The topological polar surface area (TPSA) is 83.8 Å². The van der Waals surface area contributed by atoms with Crippen LogP contribution in [0.3, 0.4) is 0 Å². The summed E-state index contributed by atoms with van der Waals surface area (Å²) in [5.74, 6) is 1.21. The zero-order valence-electron chi connectivity index (χ0n) is 18.6. The predicted molar refractivity (Wildman–Crippen MR) is 125 cm³/mol. The highest BCUT2D eigenvalue weighted by Gasteiger charge is 2.12. The summed E-state index contributed by atoms with van der Waals surface area (Å²) in [4.78, 5) is -0.183. The third-order valence-corrected chi connectivity index (χ3v) is 6.36. The van der Waals surface area contributed by atoms with E-state index < -0.39 is 10.1 Å². The van der Waals surface area contributed by atoms with Gasteiger partial charge in [0, 0.05) is 5.56 Å². The van der Waals surface area contributed by atoms with E-state index in [0.717, 1.165) is 24.8 Å². The fourth-order valence-corrected chi connectivity index (χ4v) is 4.15. The number of benzene rings is 2. The first-order chi connectivity index (χ1) is 14.9. The van der Waals surface area contributed by atoms with Gasteiger partial charge in [0.25, 0.3) is 10.1 Å². The number of hydrogen-bond acceptors (Lipinski definition) is 4. The van der Waals surface area contributed by atoms with Gasteiger partial charge in [0.05, 0.1) is 4.90 Å². The van der Waals surface area contributed by atoms with Gasteiger partial charge in [-0.25, -0.2) is 0 Å². The molecule has 0 fully saturated rings. The molecule has 0 aliphatic heterocycles. The van der Waals surface area contributed by atoms with Gasteiger partial charge in [-0.15, -0.1) is 0 Å². The highest BCUT2D eigenvalue weighted by atomic mass is 32.2. The normalized spacial score (nSPS) is 11.5. The van der Waals surface area contributed by atoms with Crippen molar-refractivity contribution in [3.63, 3.8) is 0 Å². The molecule has 0 aliphatic carbocycles. The molecule has 0 heterocycles. The molecule has 2 aromatic rings. The van der Waals surface area contributed by atoms with Crippen molar-refractivity contribution in [1.82, 2.24) is 0 Å². The van der Waals surface area contributed by atoms with Gasteiger partial charge >= 0.3 is 0 Å². The number of rotatable bonds is 15. The Labute approximate surface area is 187 Å². The van der Waals surface area contributed by atoms with Crippen molar-refractivity contribution < 1.29 is 22.8 Å². The molecule has 0 aliphatic rings. The van der Waals surface area contributed by atoms with Gasteiger partial charge in [-0.05, 0) is 49.2 Å². The minimum absolute atomic E-state index is 0.183. The second kappa shape index (κ2) is 13.4. The van der Waals surface area contributed by atoms with Crippen LogP contribution in [0.1, 0.15) is 83.1 Å². The summed E-state index contributed by atoms with van der Waals surface area (Å²) in [5, 5.41) is 10.3. The van der Waals surface area contributed by atoms with Gasteiger partial charge in [0.2, 0.25) is 0 Å². The molecular weight excluding hydrogens is 412 g/mol. The maximum absolute atomic E-state index is 11.2. The first-order valence-corrected chi connectivity index (χ1v) is 12.9. The summed E-state index contributed by atoms with van der Waals surface area (Å²) in [6.07, 6.45) is 14.7. The smallest absolute Gasteiger partial charge is 0.294 e. The van der Waals surface area contributed by atoms with E-state index in [-0.39, 0.29) is 10.6 Å². The molecule has 2 N–H and O–H groups in total. The molecule has 172 valence electrons. The lowest BCUT2D eigenvalue weighted by molar-refractivity contribution is 0.440. The van der Waals surface area contributed by atoms with E-state index in [4.69, 9.17) is 9.29 Å². The molecule has 0 saturated heterocycles. The number of aromatic hydroxyl groups is 1. The second-order valence-electron chi connectivity index (χ2n) is 8.09. The third kappa shape index (κ3) is 9.32. The molecule has 31 heavy (non-hydrogen) atoms. The summed E-state index contributed by atoms with van der Waals surface area (Å²) in [7, 11) is -4.23. The van der Waals surface area contributed by atoms with Crippen LogP contribution in [0.2, 0.25) is 0 Å². The van der Waals surface area contributed by atoms with Gasteiger partial charge in [0.1, 0.15) is 17.2 Å². The van der Waals surface area contributed by atoms with Crippen LogP contribution in [-0.2, 0) is 16.5 Å². The monoisotopic (exact) mass is 448 g/mol. The average molecular weight is 449 g/mol. The molecule has 0 bridgehead atoms. The summed E-state index contributed by atoms with van der Waals surface area (Å²) in [6, 6.07) is 10.7. The lowest BCUT2D eigenvalue weighted by atomic mass is 10.0. The van der Waals surface area contributed by atoms with Crippen LogP contribution in [0.15, 0.2) is 47.4 Å². The molecule has 2 rings (SSSR count). The number of unbranched alkanes of at least 4 members (excludes halogenated alkanes) is 10. The van der Waals surface area contributed by atoms with Crippen LogP contribution in [0.25, 0.3) is 0 Å². The van der Waals surface area contributed by atoms with E-state index in [2.05, 4.69) is 6.92 Å². The van der Waals surface area contributed by atoms with Crippen molar-refractivity contribution in [2.45, 2.75) is 88.9 Å². The van der Waals surface area contributed by atoms with Crippen LogP contribution >= 0.6 is 0 Å². The molecule has 0 aromatic heterocycles. The van der Waals surface area contributed by atoms with Gasteiger partial charge in [-0.2, -0.15) is 8.42 Å². The highest BCUT2D eigenvalue weighted by Crippen LogP contribution is 2.33. The quantitative estimate of drug-likeness (QED) is 0.221. The largest absolute Gasteiger partial charge is 0.508 e. The summed E-state index contributed by atoms with van der Waals surface area (Å²) in [6.45, 7) is 2.24. The van der Waals surface area contributed by atoms with Crippen LogP contribution in [0.4, 0.5) is 0 Å². The molecular formula is C25H36O5S.